The van der Waals surface area contributed by atoms with E-state index in [-0.39, 0.29) is 5.91 Å². The monoisotopic (exact) mass is 365 g/mol. The van der Waals surface area contributed by atoms with Gasteiger partial charge in [-0.1, -0.05) is 43.3 Å². The maximum atomic E-state index is 12.4. The summed E-state index contributed by atoms with van der Waals surface area (Å²) >= 11 is 7.25. The van der Waals surface area contributed by atoms with Gasteiger partial charge in [-0.3, -0.25) is 4.79 Å². The SMILES string of the molecule is C[C@H]1C[C@H](C)CN(C(=O)CSc2nnc(-c3cccc(Cl)c3)o2)C1. The van der Waals surface area contributed by atoms with Crippen LogP contribution in [0.15, 0.2) is 33.9 Å². The Kier molecular flexibility index (Phi) is 5.46. The lowest BCUT2D eigenvalue weighted by molar-refractivity contribution is -0.130. The van der Waals surface area contributed by atoms with Gasteiger partial charge in [-0.05, 0) is 36.5 Å². The number of hydrogen-bond acceptors (Lipinski definition) is 5. The molecule has 0 unspecified atom stereocenters. The van der Waals surface area contributed by atoms with Gasteiger partial charge in [-0.15, -0.1) is 10.2 Å². The number of hydrogen-bond donors (Lipinski definition) is 0. The van der Waals surface area contributed by atoms with E-state index in [9.17, 15) is 4.79 Å². The number of benzene rings is 1. The number of amides is 1. The predicted molar refractivity (Wildman–Crippen MR) is 95.0 cm³/mol. The smallest absolute Gasteiger partial charge is 0.277 e. The third-order valence-corrected chi connectivity index (χ3v) is 5.06. The van der Waals surface area contributed by atoms with Crippen molar-refractivity contribution in [3.8, 4) is 11.5 Å². The molecule has 1 aliphatic heterocycles. The molecule has 1 fully saturated rings. The molecule has 128 valence electrons. The molecule has 2 aromatic rings. The predicted octanol–water partition coefficient (Wildman–Crippen LogP) is 3.99. The fourth-order valence-electron chi connectivity index (χ4n) is 3.09. The van der Waals surface area contributed by atoms with Crippen molar-refractivity contribution in [3.05, 3.63) is 29.3 Å². The molecule has 7 heteroatoms. The Morgan fingerprint density at radius 1 is 1.33 bits per heavy atom. The molecular formula is C17H20ClN3O2S. The van der Waals surface area contributed by atoms with Crippen LogP contribution in [-0.4, -0.2) is 39.8 Å². The summed E-state index contributed by atoms with van der Waals surface area (Å²) in [5.74, 6) is 1.96. The minimum Gasteiger partial charge on any atom is -0.411 e. The first-order valence-corrected chi connectivity index (χ1v) is 9.37. The molecule has 1 aromatic carbocycles. The van der Waals surface area contributed by atoms with Gasteiger partial charge in [-0.25, -0.2) is 0 Å². The second-order valence-electron chi connectivity index (χ2n) is 6.42. The van der Waals surface area contributed by atoms with Gasteiger partial charge < -0.3 is 9.32 Å². The van der Waals surface area contributed by atoms with E-state index < -0.39 is 0 Å². The Morgan fingerprint density at radius 2 is 2.08 bits per heavy atom. The van der Waals surface area contributed by atoms with Crippen molar-refractivity contribution in [2.24, 2.45) is 11.8 Å². The quantitative estimate of drug-likeness (QED) is 0.767. The summed E-state index contributed by atoms with van der Waals surface area (Å²) in [5, 5.41) is 9.04. The Balaban J connectivity index is 1.58. The van der Waals surface area contributed by atoms with Crippen LogP contribution in [0.2, 0.25) is 5.02 Å². The average molecular weight is 366 g/mol. The van der Waals surface area contributed by atoms with Crippen molar-refractivity contribution in [1.82, 2.24) is 15.1 Å². The maximum Gasteiger partial charge on any atom is 0.277 e. The number of carbonyl (C=O) groups excluding carboxylic acids is 1. The Morgan fingerprint density at radius 3 is 2.79 bits per heavy atom. The Labute approximate surface area is 150 Å². The molecule has 0 spiro atoms. The summed E-state index contributed by atoms with van der Waals surface area (Å²) in [5.41, 5.74) is 0.770. The molecule has 1 saturated heterocycles. The summed E-state index contributed by atoms with van der Waals surface area (Å²) in [4.78, 5) is 14.3. The highest BCUT2D eigenvalue weighted by Gasteiger charge is 2.25. The van der Waals surface area contributed by atoms with Crippen LogP contribution >= 0.6 is 23.4 Å². The highest BCUT2D eigenvalue weighted by molar-refractivity contribution is 7.99. The summed E-state index contributed by atoms with van der Waals surface area (Å²) < 4.78 is 5.62. The summed E-state index contributed by atoms with van der Waals surface area (Å²) in [7, 11) is 0. The number of halogens is 1. The van der Waals surface area contributed by atoms with E-state index >= 15 is 0 Å². The zero-order valence-electron chi connectivity index (χ0n) is 13.7. The molecule has 1 amide bonds. The molecule has 1 aliphatic rings. The maximum absolute atomic E-state index is 12.4. The molecular weight excluding hydrogens is 346 g/mol. The van der Waals surface area contributed by atoms with Gasteiger partial charge in [0.15, 0.2) is 0 Å². The van der Waals surface area contributed by atoms with Crippen LogP contribution in [0.3, 0.4) is 0 Å². The van der Waals surface area contributed by atoms with Crippen molar-refractivity contribution >= 4 is 29.3 Å². The number of thioether (sulfide) groups is 1. The first-order chi connectivity index (χ1) is 11.5. The molecule has 0 radical (unpaired) electrons. The first-order valence-electron chi connectivity index (χ1n) is 8.01. The van der Waals surface area contributed by atoms with Crippen LogP contribution in [0, 0.1) is 11.8 Å². The van der Waals surface area contributed by atoms with E-state index in [2.05, 4.69) is 24.0 Å². The molecule has 2 heterocycles. The van der Waals surface area contributed by atoms with E-state index in [1.165, 1.54) is 18.2 Å². The molecule has 0 saturated carbocycles. The number of piperidine rings is 1. The van der Waals surface area contributed by atoms with E-state index in [4.69, 9.17) is 16.0 Å². The van der Waals surface area contributed by atoms with Crippen molar-refractivity contribution < 1.29 is 9.21 Å². The lowest BCUT2D eigenvalue weighted by Gasteiger charge is -2.34. The highest BCUT2D eigenvalue weighted by atomic mass is 35.5. The van der Waals surface area contributed by atoms with E-state index in [0.717, 1.165) is 18.7 Å². The zero-order valence-corrected chi connectivity index (χ0v) is 15.3. The minimum absolute atomic E-state index is 0.126. The number of carbonyl (C=O) groups is 1. The molecule has 3 rings (SSSR count). The fraction of sp³-hybridized carbons (Fsp3) is 0.471. The number of likely N-dealkylation sites (tertiary alicyclic amines) is 1. The van der Waals surface area contributed by atoms with Gasteiger partial charge in [0, 0.05) is 23.7 Å². The minimum atomic E-state index is 0.126. The van der Waals surface area contributed by atoms with Gasteiger partial charge in [-0.2, -0.15) is 0 Å². The number of aromatic nitrogens is 2. The summed E-state index contributed by atoms with van der Waals surface area (Å²) in [6.07, 6.45) is 1.18. The zero-order chi connectivity index (χ0) is 17.1. The summed E-state index contributed by atoms with van der Waals surface area (Å²) in [6, 6.07) is 7.24. The standard InChI is InChI=1S/C17H20ClN3O2S/c1-11-6-12(2)9-21(8-11)15(22)10-24-17-20-19-16(23-17)13-4-3-5-14(18)7-13/h3-5,7,11-12H,6,8-10H2,1-2H3/t11-,12-/m0/s1. The molecule has 24 heavy (non-hydrogen) atoms. The van der Waals surface area contributed by atoms with Crippen LogP contribution in [-0.2, 0) is 4.79 Å². The first kappa shape index (κ1) is 17.3. The fourth-order valence-corrected chi connectivity index (χ4v) is 3.94. The van der Waals surface area contributed by atoms with Gasteiger partial charge in [0.1, 0.15) is 0 Å². The van der Waals surface area contributed by atoms with Gasteiger partial charge >= 0.3 is 0 Å². The normalized spacial score (nSPS) is 21.0. The Hall–Kier alpha value is -1.53. The lowest BCUT2D eigenvalue weighted by Crippen LogP contribution is -2.43. The second-order valence-corrected chi connectivity index (χ2v) is 7.78. The van der Waals surface area contributed by atoms with Crippen LogP contribution in [0.1, 0.15) is 20.3 Å². The average Bonchev–Trinajstić information content (AvgIpc) is 3.00. The Bertz CT molecular complexity index is 711. The molecule has 0 aliphatic carbocycles. The highest BCUT2D eigenvalue weighted by Crippen LogP contribution is 2.26. The van der Waals surface area contributed by atoms with E-state index in [1.54, 1.807) is 12.1 Å². The molecule has 2 atom stereocenters. The van der Waals surface area contributed by atoms with Crippen molar-refractivity contribution in [1.29, 1.82) is 0 Å². The largest absolute Gasteiger partial charge is 0.411 e. The second kappa shape index (κ2) is 7.57. The third-order valence-electron chi connectivity index (χ3n) is 4.02. The van der Waals surface area contributed by atoms with Gasteiger partial charge in [0.2, 0.25) is 11.8 Å². The van der Waals surface area contributed by atoms with Crippen LogP contribution < -0.4 is 0 Å². The van der Waals surface area contributed by atoms with Crippen molar-refractivity contribution in [2.75, 3.05) is 18.8 Å². The molecule has 0 N–H and O–H groups in total. The van der Waals surface area contributed by atoms with Crippen molar-refractivity contribution in [3.63, 3.8) is 0 Å². The number of nitrogens with zero attached hydrogens (tertiary/aromatic N) is 3. The molecule has 5 nitrogen and oxygen atoms in total. The summed E-state index contributed by atoms with van der Waals surface area (Å²) in [6.45, 7) is 6.05. The van der Waals surface area contributed by atoms with Crippen LogP contribution in [0.4, 0.5) is 0 Å². The van der Waals surface area contributed by atoms with Gasteiger partial charge in [0.05, 0.1) is 5.75 Å². The number of rotatable bonds is 4. The van der Waals surface area contributed by atoms with Crippen LogP contribution in [0.25, 0.3) is 11.5 Å². The molecule has 0 bridgehead atoms. The van der Waals surface area contributed by atoms with E-state index in [0.29, 0.717) is 33.7 Å². The van der Waals surface area contributed by atoms with Gasteiger partial charge in [0.25, 0.3) is 5.22 Å². The molecule has 1 aromatic heterocycles. The van der Waals surface area contributed by atoms with Crippen LogP contribution in [0.5, 0.6) is 0 Å². The van der Waals surface area contributed by atoms with Crippen molar-refractivity contribution in [2.45, 2.75) is 25.5 Å². The van der Waals surface area contributed by atoms with E-state index in [1.807, 2.05) is 17.0 Å². The third kappa shape index (κ3) is 4.30. The lowest BCUT2D eigenvalue weighted by atomic mass is 9.92. The topological polar surface area (TPSA) is 59.2 Å².